The van der Waals surface area contributed by atoms with Crippen LogP contribution in [0.4, 0.5) is 4.79 Å². The van der Waals surface area contributed by atoms with E-state index in [4.69, 9.17) is 9.16 Å². The second-order valence-corrected chi connectivity index (χ2v) is 21.4. The standard InChI is InChI=1S/C47H89NO3Si/c1-8-10-12-14-16-18-20-22-24-26-28-30-32-34-36-38-42-48(46(49)50-44-40-41-45-51-52(6,7)47(3,4)5)43-39-37-35-33-31-29-27-25-23-21-19-17-15-13-11-9-2/h22-25,36-39H,8-21,26-35,40-45H2,1-7H3/b24-22-,25-23-,38-36?,39-37?. The van der Waals surface area contributed by atoms with E-state index in [1.54, 1.807) is 0 Å². The fourth-order valence-electron chi connectivity index (χ4n) is 5.82. The zero-order chi connectivity index (χ0) is 38.4. The largest absolute Gasteiger partial charge is 0.449 e. The van der Waals surface area contributed by atoms with Gasteiger partial charge in [-0.25, -0.2) is 4.79 Å². The molecule has 52 heavy (non-hydrogen) atoms. The molecule has 0 bridgehead atoms. The van der Waals surface area contributed by atoms with Crippen LogP contribution in [0.15, 0.2) is 48.6 Å². The van der Waals surface area contributed by atoms with E-state index in [9.17, 15) is 4.79 Å². The van der Waals surface area contributed by atoms with Crippen LogP contribution in [0.2, 0.25) is 18.1 Å². The van der Waals surface area contributed by atoms with Gasteiger partial charge in [-0.1, -0.05) is 160 Å². The Morgan fingerprint density at radius 2 is 0.808 bits per heavy atom. The summed E-state index contributed by atoms with van der Waals surface area (Å²) in [5, 5.41) is 0.217. The first-order valence-electron chi connectivity index (χ1n) is 22.3. The number of carbonyl (C=O) groups excluding carboxylic acids is 1. The smallest absolute Gasteiger partial charge is 0.410 e. The molecule has 0 fully saturated rings. The number of ether oxygens (including phenoxy) is 1. The average molecular weight is 744 g/mol. The van der Waals surface area contributed by atoms with Crippen LogP contribution in [-0.4, -0.2) is 45.6 Å². The summed E-state index contributed by atoms with van der Waals surface area (Å²) in [4.78, 5) is 14.9. The van der Waals surface area contributed by atoms with E-state index in [2.05, 4.69) is 96.3 Å². The van der Waals surface area contributed by atoms with Crippen molar-refractivity contribution in [1.82, 2.24) is 4.90 Å². The first kappa shape index (κ1) is 50.4. The minimum absolute atomic E-state index is 0.208. The van der Waals surface area contributed by atoms with E-state index in [0.29, 0.717) is 19.7 Å². The molecule has 0 heterocycles. The van der Waals surface area contributed by atoms with E-state index in [0.717, 1.165) is 32.3 Å². The number of nitrogens with zero attached hydrogens (tertiary/aromatic N) is 1. The van der Waals surface area contributed by atoms with E-state index in [1.165, 1.54) is 141 Å². The van der Waals surface area contributed by atoms with Crippen molar-refractivity contribution in [1.29, 1.82) is 0 Å². The molecule has 0 saturated heterocycles. The van der Waals surface area contributed by atoms with Crippen molar-refractivity contribution in [2.75, 3.05) is 26.3 Å². The molecule has 0 rings (SSSR count). The molecule has 5 heteroatoms. The Hall–Kier alpha value is -1.59. The molecule has 4 nitrogen and oxygen atoms in total. The van der Waals surface area contributed by atoms with Crippen LogP contribution < -0.4 is 0 Å². The maximum absolute atomic E-state index is 13.0. The van der Waals surface area contributed by atoms with Gasteiger partial charge in [0, 0.05) is 19.7 Å². The van der Waals surface area contributed by atoms with Crippen LogP contribution in [0, 0.1) is 0 Å². The Morgan fingerprint density at radius 1 is 0.481 bits per heavy atom. The molecule has 0 aliphatic carbocycles. The molecule has 0 aliphatic rings. The number of carbonyl (C=O) groups is 1. The highest BCUT2D eigenvalue weighted by Crippen LogP contribution is 2.36. The average Bonchev–Trinajstić information content (AvgIpc) is 3.11. The van der Waals surface area contributed by atoms with Gasteiger partial charge in [0.2, 0.25) is 0 Å². The normalized spacial score (nSPS) is 12.8. The maximum Gasteiger partial charge on any atom is 0.410 e. The monoisotopic (exact) mass is 744 g/mol. The summed E-state index contributed by atoms with van der Waals surface area (Å²) in [6, 6.07) is 0. The number of hydrogen-bond acceptors (Lipinski definition) is 3. The molecule has 0 aliphatic heterocycles. The lowest BCUT2D eigenvalue weighted by Gasteiger charge is -2.36. The third-order valence-corrected chi connectivity index (χ3v) is 15.1. The van der Waals surface area contributed by atoms with Gasteiger partial charge in [0.25, 0.3) is 0 Å². The molecule has 0 aromatic rings. The molecule has 0 aromatic carbocycles. The lowest BCUT2D eigenvalue weighted by molar-refractivity contribution is 0.106. The number of hydrogen-bond donors (Lipinski definition) is 0. The molecule has 0 N–H and O–H groups in total. The Bertz CT molecular complexity index is 853. The molecular weight excluding hydrogens is 655 g/mol. The van der Waals surface area contributed by atoms with Crippen LogP contribution in [0.1, 0.15) is 202 Å². The van der Waals surface area contributed by atoms with Crippen molar-refractivity contribution < 1.29 is 14.0 Å². The highest BCUT2D eigenvalue weighted by Gasteiger charge is 2.36. The molecular formula is C47H89NO3Si. The Labute approximate surface area is 326 Å². The fourth-order valence-corrected chi connectivity index (χ4v) is 6.91. The maximum atomic E-state index is 13.0. The molecule has 1 amide bonds. The van der Waals surface area contributed by atoms with Crippen LogP contribution >= 0.6 is 0 Å². The summed E-state index contributed by atoms with van der Waals surface area (Å²) < 4.78 is 12.0. The van der Waals surface area contributed by atoms with E-state index in [-0.39, 0.29) is 11.1 Å². The van der Waals surface area contributed by atoms with Crippen LogP contribution in [-0.2, 0) is 9.16 Å². The second-order valence-electron chi connectivity index (χ2n) is 16.6. The van der Waals surface area contributed by atoms with Crippen molar-refractivity contribution in [2.45, 2.75) is 220 Å². The minimum atomic E-state index is -1.73. The Kier molecular flexibility index (Phi) is 35.3. The molecule has 0 saturated carbocycles. The van der Waals surface area contributed by atoms with Gasteiger partial charge in [-0.15, -0.1) is 0 Å². The summed E-state index contributed by atoms with van der Waals surface area (Å²) in [6.07, 6.45) is 50.9. The minimum Gasteiger partial charge on any atom is -0.449 e. The van der Waals surface area contributed by atoms with Gasteiger partial charge >= 0.3 is 6.09 Å². The molecule has 0 aromatic heterocycles. The van der Waals surface area contributed by atoms with Crippen LogP contribution in [0.25, 0.3) is 0 Å². The predicted molar refractivity (Wildman–Crippen MR) is 234 cm³/mol. The lowest BCUT2D eigenvalue weighted by Crippen LogP contribution is -2.41. The highest BCUT2D eigenvalue weighted by molar-refractivity contribution is 6.74. The second kappa shape index (κ2) is 36.4. The quantitative estimate of drug-likeness (QED) is 0.0364. The first-order chi connectivity index (χ1) is 25.2. The summed E-state index contributed by atoms with van der Waals surface area (Å²) >= 11 is 0. The summed E-state index contributed by atoms with van der Waals surface area (Å²) in [5.41, 5.74) is 0. The van der Waals surface area contributed by atoms with Gasteiger partial charge in [0.1, 0.15) is 0 Å². The van der Waals surface area contributed by atoms with Gasteiger partial charge in [-0.3, -0.25) is 0 Å². The van der Waals surface area contributed by atoms with Gasteiger partial charge < -0.3 is 14.1 Å². The number of rotatable bonds is 36. The molecule has 0 spiro atoms. The fraction of sp³-hybridized carbons (Fsp3) is 0.809. The lowest BCUT2D eigenvalue weighted by atomic mass is 10.1. The van der Waals surface area contributed by atoms with Gasteiger partial charge in [0.05, 0.1) is 6.61 Å². The third-order valence-electron chi connectivity index (χ3n) is 10.5. The van der Waals surface area contributed by atoms with Crippen molar-refractivity contribution in [2.24, 2.45) is 0 Å². The zero-order valence-electron chi connectivity index (χ0n) is 36.0. The predicted octanol–water partition coefficient (Wildman–Crippen LogP) is 15.9. The topological polar surface area (TPSA) is 38.8 Å². The van der Waals surface area contributed by atoms with Gasteiger partial charge in [-0.2, -0.15) is 0 Å². The molecule has 304 valence electrons. The number of allylic oxidation sites excluding steroid dienone is 6. The number of unbranched alkanes of at least 4 members (excludes halogenated alkanes) is 21. The first-order valence-corrected chi connectivity index (χ1v) is 25.2. The van der Waals surface area contributed by atoms with Gasteiger partial charge in [-0.05, 0) is 108 Å². The van der Waals surface area contributed by atoms with E-state index in [1.807, 2.05) is 4.90 Å². The van der Waals surface area contributed by atoms with Crippen LogP contribution in [0.5, 0.6) is 0 Å². The molecule has 0 radical (unpaired) electrons. The zero-order valence-corrected chi connectivity index (χ0v) is 37.0. The SMILES string of the molecule is CCCCCCCC/C=C\CCCCCC=CCN(CC=CCCCCC/C=C\CCCCCCCC)C(=O)OCCCCO[Si](C)(C)C(C)(C)C. The van der Waals surface area contributed by atoms with Crippen molar-refractivity contribution in [3.05, 3.63) is 48.6 Å². The summed E-state index contributed by atoms with van der Waals surface area (Å²) in [5.74, 6) is 0. The van der Waals surface area contributed by atoms with Crippen molar-refractivity contribution >= 4 is 14.4 Å². The summed E-state index contributed by atoms with van der Waals surface area (Å²) in [6.45, 7) is 18.3. The number of amides is 1. The highest BCUT2D eigenvalue weighted by atomic mass is 28.4. The van der Waals surface area contributed by atoms with Crippen molar-refractivity contribution in [3.8, 4) is 0 Å². The summed E-state index contributed by atoms with van der Waals surface area (Å²) in [7, 11) is -1.73. The van der Waals surface area contributed by atoms with E-state index < -0.39 is 8.32 Å². The molecule has 0 atom stereocenters. The Balaban J connectivity index is 4.41. The van der Waals surface area contributed by atoms with Crippen LogP contribution in [0.3, 0.4) is 0 Å². The van der Waals surface area contributed by atoms with E-state index >= 15 is 0 Å². The Morgan fingerprint density at radius 3 is 1.19 bits per heavy atom. The third kappa shape index (κ3) is 33.0. The van der Waals surface area contributed by atoms with Crippen molar-refractivity contribution in [3.63, 3.8) is 0 Å². The van der Waals surface area contributed by atoms with Gasteiger partial charge in [0.15, 0.2) is 8.32 Å². The molecule has 0 unspecified atom stereocenters.